The van der Waals surface area contributed by atoms with Crippen LogP contribution in [-0.4, -0.2) is 33.1 Å². The van der Waals surface area contributed by atoms with Crippen molar-refractivity contribution >= 4 is 11.3 Å². The van der Waals surface area contributed by atoms with Crippen LogP contribution < -0.4 is 0 Å². The Bertz CT molecular complexity index is 738. The van der Waals surface area contributed by atoms with Crippen LogP contribution in [0.1, 0.15) is 72.7 Å². The van der Waals surface area contributed by atoms with E-state index in [0.29, 0.717) is 6.04 Å². The quantitative estimate of drug-likeness (QED) is 0.813. The number of hydrogen-bond donors (Lipinski definition) is 0. The number of nitrogens with zero attached hydrogens (tertiary/aromatic N) is 4. The highest BCUT2D eigenvalue weighted by Gasteiger charge is 2.32. The molecule has 1 aliphatic carbocycles. The molecular formula is C19H28N4OS. The van der Waals surface area contributed by atoms with Gasteiger partial charge in [0.2, 0.25) is 0 Å². The molecule has 1 saturated heterocycles. The molecule has 2 aromatic rings. The van der Waals surface area contributed by atoms with E-state index in [9.17, 15) is 0 Å². The van der Waals surface area contributed by atoms with E-state index in [1.54, 1.807) is 18.4 Å². The number of hydrogen-bond acceptors (Lipinski definition) is 5. The van der Waals surface area contributed by atoms with E-state index in [1.165, 1.54) is 49.3 Å². The summed E-state index contributed by atoms with van der Waals surface area (Å²) in [5, 5.41) is 3.25. The normalized spacial score (nSPS) is 22.3. The molecule has 4 rings (SSSR count). The molecule has 1 aliphatic heterocycles. The average molecular weight is 361 g/mol. The van der Waals surface area contributed by atoms with Gasteiger partial charge in [-0.2, -0.15) is 0 Å². The lowest BCUT2D eigenvalue weighted by Crippen LogP contribution is -2.25. The lowest BCUT2D eigenvalue weighted by Gasteiger charge is -2.23. The van der Waals surface area contributed by atoms with Gasteiger partial charge in [-0.25, -0.2) is 9.97 Å². The van der Waals surface area contributed by atoms with Gasteiger partial charge in [0, 0.05) is 31.8 Å². The molecule has 136 valence electrons. The fraction of sp³-hybridized carbons (Fsp3) is 0.684. The molecule has 2 atom stereocenters. The minimum absolute atomic E-state index is 0.0781. The predicted molar refractivity (Wildman–Crippen MR) is 99.8 cm³/mol. The molecule has 0 aromatic carbocycles. The predicted octanol–water partition coefficient (Wildman–Crippen LogP) is 3.80. The molecule has 5 nitrogen and oxygen atoms in total. The van der Waals surface area contributed by atoms with Crippen molar-refractivity contribution in [2.45, 2.75) is 64.1 Å². The second kappa shape index (κ2) is 7.17. The van der Waals surface area contributed by atoms with E-state index < -0.39 is 0 Å². The molecule has 2 aliphatic rings. The number of likely N-dealkylation sites (tertiary alicyclic amines) is 1. The largest absolute Gasteiger partial charge is 0.375 e. The topological polar surface area (TPSA) is 43.2 Å². The number of rotatable bonds is 5. The molecule has 0 radical (unpaired) electrons. The van der Waals surface area contributed by atoms with E-state index >= 15 is 0 Å². The van der Waals surface area contributed by atoms with Crippen molar-refractivity contribution in [3.63, 3.8) is 0 Å². The van der Waals surface area contributed by atoms with E-state index in [1.807, 2.05) is 0 Å². The summed E-state index contributed by atoms with van der Waals surface area (Å²) >= 11 is 1.70. The Kier molecular flexibility index (Phi) is 4.93. The molecule has 2 aromatic heterocycles. The van der Waals surface area contributed by atoms with Gasteiger partial charge in [0.25, 0.3) is 0 Å². The van der Waals surface area contributed by atoms with Gasteiger partial charge in [-0.1, -0.05) is 0 Å². The number of methoxy groups -OCH3 is 1. The highest BCUT2D eigenvalue weighted by atomic mass is 32.1. The third-order valence-electron chi connectivity index (χ3n) is 5.71. The maximum Gasteiger partial charge on any atom is 0.126 e. The van der Waals surface area contributed by atoms with E-state index in [0.717, 1.165) is 30.2 Å². The standard InChI is InChI=1S/C19H28N4OS/c1-13(24-3)19-20-14(12-25-19)11-23-10-6-9-17(23)18-21-15-7-4-5-8-16(15)22(18)2/h12-13,17H,4-11H2,1-3H3/t13-,17+/m0/s1. The van der Waals surface area contributed by atoms with Crippen molar-refractivity contribution in [2.75, 3.05) is 13.7 Å². The van der Waals surface area contributed by atoms with Gasteiger partial charge in [-0.05, 0) is 52.0 Å². The molecule has 0 unspecified atom stereocenters. The third-order valence-corrected chi connectivity index (χ3v) is 6.76. The zero-order valence-electron chi connectivity index (χ0n) is 15.5. The summed E-state index contributed by atoms with van der Waals surface area (Å²) < 4.78 is 7.78. The van der Waals surface area contributed by atoms with Crippen LogP contribution in [0.2, 0.25) is 0 Å². The number of aromatic nitrogens is 3. The first-order chi connectivity index (χ1) is 12.2. The smallest absolute Gasteiger partial charge is 0.126 e. The van der Waals surface area contributed by atoms with Crippen LogP contribution in [0.3, 0.4) is 0 Å². The third kappa shape index (κ3) is 3.27. The minimum Gasteiger partial charge on any atom is -0.375 e. The fourth-order valence-electron chi connectivity index (χ4n) is 4.20. The van der Waals surface area contributed by atoms with Crippen LogP contribution >= 0.6 is 11.3 Å². The van der Waals surface area contributed by atoms with Crippen molar-refractivity contribution in [1.29, 1.82) is 0 Å². The van der Waals surface area contributed by atoms with Crippen molar-refractivity contribution in [3.8, 4) is 0 Å². The Hall–Kier alpha value is -1.24. The molecule has 0 spiro atoms. The first kappa shape index (κ1) is 17.2. The van der Waals surface area contributed by atoms with E-state index in [-0.39, 0.29) is 6.10 Å². The van der Waals surface area contributed by atoms with Gasteiger partial charge < -0.3 is 9.30 Å². The Balaban J connectivity index is 1.53. The molecule has 25 heavy (non-hydrogen) atoms. The summed E-state index contributed by atoms with van der Waals surface area (Å²) in [4.78, 5) is 12.4. The number of thiazole rings is 1. The summed E-state index contributed by atoms with van der Waals surface area (Å²) in [5.41, 5.74) is 3.98. The van der Waals surface area contributed by atoms with Gasteiger partial charge in [-0.3, -0.25) is 4.90 Å². The van der Waals surface area contributed by atoms with Gasteiger partial charge in [0.05, 0.1) is 17.4 Å². The lowest BCUT2D eigenvalue weighted by molar-refractivity contribution is 0.119. The maximum absolute atomic E-state index is 5.39. The number of aryl methyl sites for hydroxylation is 1. The highest BCUT2D eigenvalue weighted by molar-refractivity contribution is 7.09. The molecule has 6 heteroatoms. The van der Waals surface area contributed by atoms with Crippen LogP contribution in [0.4, 0.5) is 0 Å². The van der Waals surface area contributed by atoms with Crippen LogP contribution in [0.25, 0.3) is 0 Å². The van der Waals surface area contributed by atoms with Crippen molar-refractivity contribution in [3.05, 3.63) is 33.3 Å². The zero-order chi connectivity index (χ0) is 17.4. The van der Waals surface area contributed by atoms with Crippen LogP contribution in [-0.2, 0) is 31.2 Å². The van der Waals surface area contributed by atoms with Crippen molar-refractivity contribution < 1.29 is 4.74 Å². The fourth-order valence-corrected chi connectivity index (χ4v) is 5.05. The van der Waals surface area contributed by atoms with Gasteiger partial charge in [-0.15, -0.1) is 11.3 Å². The molecular weight excluding hydrogens is 332 g/mol. The Morgan fingerprint density at radius 2 is 2.12 bits per heavy atom. The first-order valence-corrected chi connectivity index (χ1v) is 10.3. The van der Waals surface area contributed by atoms with Crippen molar-refractivity contribution in [1.82, 2.24) is 19.4 Å². The molecule has 3 heterocycles. The van der Waals surface area contributed by atoms with Gasteiger partial charge >= 0.3 is 0 Å². The Labute approximate surface area is 154 Å². The molecule has 0 N–H and O–H groups in total. The van der Waals surface area contributed by atoms with Crippen LogP contribution in [0.5, 0.6) is 0 Å². The second-order valence-corrected chi connectivity index (χ2v) is 8.20. The van der Waals surface area contributed by atoms with Crippen molar-refractivity contribution in [2.24, 2.45) is 7.05 Å². The lowest BCUT2D eigenvalue weighted by atomic mass is 10.0. The Morgan fingerprint density at radius 3 is 2.92 bits per heavy atom. The van der Waals surface area contributed by atoms with E-state index in [2.05, 4.69) is 28.8 Å². The van der Waals surface area contributed by atoms with Gasteiger partial charge in [0.1, 0.15) is 16.9 Å². The van der Waals surface area contributed by atoms with E-state index in [4.69, 9.17) is 14.7 Å². The zero-order valence-corrected chi connectivity index (χ0v) is 16.3. The van der Waals surface area contributed by atoms with Crippen LogP contribution in [0.15, 0.2) is 5.38 Å². The molecule has 0 bridgehead atoms. The summed E-state index contributed by atoms with van der Waals surface area (Å²) in [6, 6.07) is 0.431. The Morgan fingerprint density at radius 1 is 1.28 bits per heavy atom. The molecule has 0 saturated carbocycles. The molecule has 1 fully saturated rings. The summed E-state index contributed by atoms with van der Waals surface area (Å²) in [6.07, 6.45) is 7.46. The maximum atomic E-state index is 5.39. The average Bonchev–Trinajstić information content (AvgIpc) is 3.35. The minimum atomic E-state index is 0.0781. The highest BCUT2D eigenvalue weighted by Crippen LogP contribution is 2.35. The monoisotopic (exact) mass is 360 g/mol. The van der Waals surface area contributed by atoms with Gasteiger partial charge in [0.15, 0.2) is 0 Å². The number of ether oxygens (including phenoxy) is 1. The van der Waals surface area contributed by atoms with Crippen LogP contribution in [0, 0.1) is 0 Å². The SMILES string of the molecule is CO[C@@H](C)c1nc(CN2CCC[C@@H]2c2nc3c(n2C)CCCC3)cs1. The molecule has 0 amide bonds. The number of imidazole rings is 1. The first-order valence-electron chi connectivity index (χ1n) is 9.43. The second-order valence-electron chi connectivity index (χ2n) is 7.31. The summed E-state index contributed by atoms with van der Waals surface area (Å²) in [7, 11) is 3.95. The number of fused-ring (bicyclic) bond motifs is 1. The summed E-state index contributed by atoms with van der Waals surface area (Å²) in [6.45, 7) is 4.10. The summed E-state index contributed by atoms with van der Waals surface area (Å²) in [5.74, 6) is 1.27.